The first-order valence-electron chi connectivity index (χ1n) is 6.01. The molecule has 1 aromatic heterocycles. The van der Waals surface area contributed by atoms with Gasteiger partial charge in [-0.25, -0.2) is 0 Å². The highest BCUT2D eigenvalue weighted by atomic mass is 79.9. The zero-order valence-electron chi connectivity index (χ0n) is 10.4. The van der Waals surface area contributed by atoms with E-state index in [-0.39, 0.29) is 12.1 Å². The summed E-state index contributed by atoms with van der Waals surface area (Å²) in [4.78, 5) is 1.20. The van der Waals surface area contributed by atoms with Gasteiger partial charge in [-0.3, -0.25) is 0 Å². The van der Waals surface area contributed by atoms with E-state index in [2.05, 4.69) is 27.4 Å². The van der Waals surface area contributed by atoms with Crippen molar-refractivity contribution < 1.29 is 9.47 Å². The van der Waals surface area contributed by atoms with Gasteiger partial charge in [-0.05, 0) is 40.2 Å². The van der Waals surface area contributed by atoms with Crippen LogP contribution in [0, 0.1) is 0 Å². The third-order valence-electron chi connectivity index (χ3n) is 3.26. The lowest BCUT2D eigenvalue weighted by Crippen LogP contribution is -2.23. The number of fused-ring (bicyclic) bond motifs is 1. The Labute approximate surface area is 124 Å². The van der Waals surface area contributed by atoms with Crippen molar-refractivity contribution in [2.24, 2.45) is 5.73 Å². The van der Waals surface area contributed by atoms with E-state index in [1.165, 1.54) is 4.88 Å². The Morgan fingerprint density at radius 2 is 2.26 bits per heavy atom. The predicted molar refractivity (Wildman–Crippen MR) is 79.9 cm³/mol. The Morgan fingerprint density at radius 1 is 1.42 bits per heavy atom. The number of rotatable bonds is 2. The molecule has 2 aromatic rings. The monoisotopic (exact) mass is 339 g/mol. The molecule has 1 aliphatic rings. The molecule has 3 nitrogen and oxygen atoms in total. The molecule has 0 saturated heterocycles. The number of hydrogen-bond acceptors (Lipinski definition) is 4. The summed E-state index contributed by atoms with van der Waals surface area (Å²) in [6.45, 7) is 0. The molecule has 100 valence electrons. The van der Waals surface area contributed by atoms with E-state index in [0.29, 0.717) is 0 Å². The molecule has 0 amide bonds. The molecule has 0 bridgehead atoms. The van der Waals surface area contributed by atoms with Crippen LogP contribution >= 0.6 is 27.3 Å². The molecule has 0 radical (unpaired) electrons. The van der Waals surface area contributed by atoms with Gasteiger partial charge in [0.05, 0.1) is 7.11 Å². The standard InChI is InChI=1S/C14H14BrNO2S/c1-17-9-2-3-12-10(5-9)11(16)6-13(18-12)14-4-8(15)7-19-14/h2-5,7,11,13H,6,16H2,1H3/t11-,13?/m1/s1. The highest BCUT2D eigenvalue weighted by molar-refractivity contribution is 9.10. The van der Waals surface area contributed by atoms with E-state index in [4.69, 9.17) is 15.2 Å². The van der Waals surface area contributed by atoms with E-state index in [1.54, 1.807) is 18.4 Å². The van der Waals surface area contributed by atoms with Crippen LogP contribution in [0.25, 0.3) is 0 Å². The molecular formula is C14H14BrNO2S. The summed E-state index contributed by atoms with van der Waals surface area (Å²) in [5.41, 5.74) is 7.28. The predicted octanol–water partition coefficient (Wildman–Crippen LogP) is 4.04. The Bertz CT molecular complexity index is 599. The van der Waals surface area contributed by atoms with Gasteiger partial charge in [0, 0.05) is 32.8 Å². The molecule has 3 rings (SSSR count). The Balaban J connectivity index is 1.92. The fourth-order valence-corrected chi connectivity index (χ4v) is 3.77. The number of nitrogens with two attached hydrogens (primary N) is 1. The van der Waals surface area contributed by atoms with Crippen molar-refractivity contribution in [3.63, 3.8) is 0 Å². The van der Waals surface area contributed by atoms with Gasteiger partial charge in [0.25, 0.3) is 0 Å². The van der Waals surface area contributed by atoms with E-state index < -0.39 is 0 Å². The van der Waals surface area contributed by atoms with Crippen molar-refractivity contribution in [3.8, 4) is 11.5 Å². The van der Waals surface area contributed by atoms with Gasteiger partial charge in [0.1, 0.15) is 17.6 Å². The first-order valence-corrected chi connectivity index (χ1v) is 7.68. The van der Waals surface area contributed by atoms with Crippen LogP contribution < -0.4 is 15.2 Å². The lowest BCUT2D eigenvalue weighted by atomic mass is 9.96. The van der Waals surface area contributed by atoms with Gasteiger partial charge < -0.3 is 15.2 Å². The Morgan fingerprint density at radius 3 is 2.95 bits per heavy atom. The number of methoxy groups -OCH3 is 1. The summed E-state index contributed by atoms with van der Waals surface area (Å²) in [6, 6.07) is 7.86. The first kappa shape index (κ1) is 13.0. The zero-order valence-corrected chi connectivity index (χ0v) is 12.8. The maximum Gasteiger partial charge on any atom is 0.135 e. The first-order chi connectivity index (χ1) is 9.17. The molecule has 1 unspecified atom stereocenters. The second-order valence-corrected chi connectivity index (χ2v) is 6.38. The molecule has 0 aliphatic carbocycles. The van der Waals surface area contributed by atoms with E-state index in [1.807, 2.05) is 18.2 Å². The molecule has 1 aromatic carbocycles. The minimum Gasteiger partial charge on any atom is -0.497 e. The quantitative estimate of drug-likeness (QED) is 0.897. The number of halogens is 1. The van der Waals surface area contributed by atoms with Gasteiger partial charge in [0.2, 0.25) is 0 Å². The number of ether oxygens (including phenoxy) is 2. The van der Waals surface area contributed by atoms with Crippen molar-refractivity contribution in [3.05, 3.63) is 44.6 Å². The summed E-state index contributed by atoms with van der Waals surface area (Å²) < 4.78 is 12.4. The molecule has 5 heteroatoms. The maximum atomic E-state index is 6.26. The summed E-state index contributed by atoms with van der Waals surface area (Å²) in [5.74, 6) is 1.67. The number of hydrogen-bond donors (Lipinski definition) is 1. The minimum absolute atomic E-state index is 0.0234. The fourth-order valence-electron chi connectivity index (χ4n) is 2.28. The molecular weight excluding hydrogens is 326 g/mol. The zero-order chi connectivity index (χ0) is 13.4. The van der Waals surface area contributed by atoms with E-state index >= 15 is 0 Å². The van der Waals surface area contributed by atoms with Crippen LogP contribution in [0.2, 0.25) is 0 Å². The van der Waals surface area contributed by atoms with Crippen LogP contribution in [-0.2, 0) is 0 Å². The van der Waals surface area contributed by atoms with Crippen LogP contribution in [0.5, 0.6) is 11.5 Å². The SMILES string of the molecule is COc1ccc2c(c1)[C@H](N)CC(c1cc(Br)cs1)O2. The van der Waals surface area contributed by atoms with Crippen molar-refractivity contribution in [2.75, 3.05) is 7.11 Å². The summed E-state index contributed by atoms with van der Waals surface area (Å²) in [6.07, 6.45) is 0.819. The summed E-state index contributed by atoms with van der Waals surface area (Å²) in [5, 5.41) is 2.06. The normalized spacial score (nSPS) is 21.6. The number of benzene rings is 1. The third-order valence-corrected chi connectivity index (χ3v) is 5.04. The lowest BCUT2D eigenvalue weighted by Gasteiger charge is -2.30. The van der Waals surface area contributed by atoms with Crippen molar-refractivity contribution in [2.45, 2.75) is 18.6 Å². The van der Waals surface area contributed by atoms with Crippen LogP contribution in [0.3, 0.4) is 0 Å². The lowest BCUT2D eigenvalue weighted by molar-refractivity contribution is 0.164. The molecule has 0 saturated carbocycles. The average molecular weight is 340 g/mol. The Kier molecular flexibility index (Phi) is 3.52. The van der Waals surface area contributed by atoms with Gasteiger partial charge in [-0.1, -0.05) is 0 Å². The highest BCUT2D eigenvalue weighted by Crippen LogP contribution is 2.42. The van der Waals surface area contributed by atoms with Crippen molar-refractivity contribution in [1.82, 2.24) is 0 Å². The van der Waals surface area contributed by atoms with E-state index in [0.717, 1.165) is 28.0 Å². The molecule has 19 heavy (non-hydrogen) atoms. The van der Waals surface area contributed by atoms with Crippen LogP contribution in [0.1, 0.15) is 29.0 Å². The third kappa shape index (κ3) is 2.50. The van der Waals surface area contributed by atoms with Crippen LogP contribution in [0.4, 0.5) is 0 Å². The highest BCUT2D eigenvalue weighted by Gasteiger charge is 2.28. The van der Waals surface area contributed by atoms with Gasteiger partial charge in [0.15, 0.2) is 0 Å². The van der Waals surface area contributed by atoms with Crippen LogP contribution in [-0.4, -0.2) is 7.11 Å². The molecule has 2 atom stereocenters. The van der Waals surface area contributed by atoms with Crippen molar-refractivity contribution in [1.29, 1.82) is 0 Å². The summed E-state index contributed by atoms with van der Waals surface area (Å²) >= 11 is 5.16. The molecule has 0 fully saturated rings. The second-order valence-electron chi connectivity index (χ2n) is 4.52. The molecule has 1 aliphatic heterocycles. The molecule has 0 spiro atoms. The largest absolute Gasteiger partial charge is 0.497 e. The second kappa shape index (κ2) is 5.15. The van der Waals surface area contributed by atoms with Gasteiger partial charge in [-0.2, -0.15) is 0 Å². The smallest absolute Gasteiger partial charge is 0.135 e. The van der Waals surface area contributed by atoms with Gasteiger partial charge in [-0.15, -0.1) is 11.3 Å². The average Bonchev–Trinajstić information content (AvgIpc) is 2.85. The topological polar surface area (TPSA) is 44.5 Å². The fraction of sp³-hybridized carbons (Fsp3) is 0.286. The van der Waals surface area contributed by atoms with E-state index in [9.17, 15) is 0 Å². The minimum atomic E-state index is -0.0234. The molecule has 2 N–H and O–H groups in total. The maximum absolute atomic E-state index is 6.26. The van der Waals surface area contributed by atoms with Crippen LogP contribution in [0.15, 0.2) is 34.1 Å². The summed E-state index contributed by atoms with van der Waals surface area (Å²) in [7, 11) is 1.66. The van der Waals surface area contributed by atoms with Gasteiger partial charge >= 0.3 is 0 Å². The van der Waals surface area contributed by atoms with Crippen molar-refractivity contribution >= 4 is 27.3 Å². The Hall–Kier alpha value is -1.04. The number of thiophene rings is 1. The molecule has 2 heterocycles.